The van der Waals surface area contributed by atoms with Crippen molar-refractivity contribution in [1.29, 1.82) is 0 Å². The van der Waals surface area contributed by atoms with Crippen LogP contribution in [0.4, 0.5) is 5.69 Å². The molecule has 1 fully saturated rings. The van der Waals surface area contributed by atoms with Crippen molar-refractivity contribution >= 4 is 11.5 Å². The minimum Gasteiger partial charge on any atom is -0.409 e. The van der Waals surface area contributed by atoms with Crippen LogP contribution in [0.2, 0.25) is 0 Å². The molecular weight excluding hydrogens is 214 g/mol. The first kappa shape index (κ1) is 11.8. The molecule has 0 saturated carbocycles. The van der Waals surface area contributed by atoms with E-state index < -0.39 is 0 Å². The fourth-order valence-electron chi connectivity index (χ4n) is 2.32. The van der Waals surface area contributed by atoms with Crippen LogP contribution >= 0.6 is 0 Å². The fourth-order valence-corrected chi connectivity index (χ4v) is 2.32. The van der Waals surface area contributed by atoms with E-state index in [1.165, 1.54) is 18.5 Å². The number of hydrogen-bond acceptors (Lipinski definition) is 3. The fraction of sp³-hybridized carbons (Fsp3) is 0.462. The lowest BCUT2D eigenvalue weighted by Crippen LogP contribution is -2.34. The van der Waals surface area contributed by atoms with Crippen molar-refractivity contribution in [3.63, 3.8) is 0 Å². The average Bonchev–Trinajstić information content (AvgIpc) is 2.38. The summed E-state index contributed by atoms with van der Waals surface area (Å²) in [5, 5.41) is 11.6. The SMILES string of the molecule is CC1CCCN(c2ccc(/C(N)=N/O)cc2)C1. The minimum atomic E-state index is 0.156. The number of amidine groups is 1. The predicted molar refractivity (Wildman–Crippen MR) is 69.6 cm³/mol. The summed E-state index contributed by atoms with van der Waals surface area (Å²) in [7, 11) is 0. The van der Waals surface area contributed by atoms with Gasteiger partial charge >= 0.3 is 0 Å². The maximum atomic E-state index is 8.59. The van der Waals surface area contributed by atoms with E-state index in [1.807, 2.05) is 24.3 Å². The van der Waals surface area contributed by atoms with Gasteiger partial charge in [0, 0.05) is 24.3 Å². The van der Waals surface area contributed by atoms with Crippen molar-refractivity contribution in [3.05, 3.63) is 29.8 Å². The number of rotatable bonds is 2. The molecule has 3 N–H and O–H groups in total. The number of piperidine rings is 1. The molecule has 0 spiro atoms. The lowest BCUT2D eigenvalue weighted by molar-refractivity contribution is 0.318. The van der Waals surface area contributed by atoms with Gasteiger partial charge in [-0.25, -0.2) is 0 Å². The largest absolute Gasteiger partial charge is 0.409 e. The summed E-state index contributed by atoms with van der Waals surface area (Å²) in [6.07, 6.45) is 2.57. The first-order chi connectivity index (χ1) is 8.20. The van der Waals surface area contributed by atoms with Crippen LogP contribution in [0.3, 0.4) is 0 Å². The second-order valence-electron chi connectivity index (χ2n) is 4.73. The van der Waals surface area contributed by atoms with Gasteiger partial charge in [-0.2, -0.15) is 0 Å². The topological polar surface area (TPSA) is 61.8 Å². The molecule has 4 heteroatoms. The lowest BCUT2D eigenvalue weighted by atomic mass is 9.99. The maximum absolute atomic E-state index is 8.59. The summed E-state index contributed by atoms with van der Waals surface area (Å²) in [5.41, 5.74) is 7.50. The van der Waals surface area contributed by atoms with Crippen LogP contribution in [0.1, 0.15) is 25.3 Å². The van der Waals surface area contributed by atoms with E-state index in [1.54, 1.807) is 0 Å². The van der Waals surface area contributed by atoms with Crippen LogP contribution in [0.25, 0.3) is 0 Å². The van der Waals surface area contributed by atoms with Crippen molar-refractivity contribution in [2.24, 2.45) is 16.8 Å². The Morgan fingerprint density at radius 3 is 2.71 bits per heavy atom. The number of benzene rings is 1. The molecule has 0 radical (unpaired) electrons. The molecule has 0 aliphatic carbocycles. The van der Waals surface area contributed by atoms with E-state index in [-0.39, 0.29) is 5.84 Å². The summed E-state index contributed by atoms with van der Waals surface area (Å²) in [6, 6.07) is 7.85. The van der Waals surface area contributed by atoms with Gasteiger partial charge in [0.15, 0.2) is 5.84 Å². The molecule has 1 heterocycles. The van der Waals surface area contributed by atoms with Gasteiger partial charge in [-0.15, -0.1) is 0 Å². The van der Waals surface area contributed by atoms with Gasteiger partial charge in [-0.1, -0.05) is 12.1 Å². The number of hydrogen-bond donors (Lipinski definition) is 2. The Balaban J connectivity index is 2.12. The molecule has 92 valence electrons. The third-order valence-corrected chi connectivity index (χ3v) is 3.29. The number of oxime groups is 1. The van der Waals surface area contributed by atoms with Crippen LogP contribution in [-0.2, 0) is 0 Å². The Labute approximate surface area is 102 Å². The normalized spacial score (nSPS) is 21.6. The van der Waals surface area contributed by atoms with Crippen LogP contribution in [0.15, 0.2) is 29.4 Å². The van der Waals surface area contributed by atoms with Crippen LogP contribution in [-0.4, -0.2) is 24.1 Å². The van der Waals surface area contributed by atoms with Crippen molar-refractivity contribution in [1.82, 2.24) is 0 Å². The smallest absolute Gasteiger partial charge is 0.170 e. The van der Waals surface area contributed by atoms with Crippen molar-refractivity contribution in [2.75, 3.05) is 18.0 Å². The highest BCUT2D eigenvalue weighted by atomic mass is 16.4. The first-order valence-corrected chi connectivity index (χ1v) is 6.03. The number of nitrogens with zero attached hydrogens (tertiary/aromatic N) is 2. The van der Waals surface area contributed by atoms with E-state index in [2.05, 4.69) is 17.0 Å². The zero-order valence-electron chi connectivity index (χ0n) is 10.1. The van der Waals surface area contributed by atoms with Gasteiger partial charge in [0.2, 0.25) is 0 Å². The van der Waals surface area contributed by atoms with E-state index in [4.69, 9.17) is 10.9 Å². The summed E-state index contributed by atoms with van der Waals surface area (Å²) in [6.45, 7) is 4.52. The van der Waals surface area contributed by atoms with Crippen molar-refractivity contribution in [3.8, 4) is 0 Å². The average molecular weight is 233 g/mol. The molecule has 1 aromatic rings. The molecule has 2 rings (SSSR count). The predicted octanol–water partition coefficient (Wildman–Crippen LogP) is 2.02. The van der Waals surface area contributed by atoms with Crippen LogP contribution < -0.4 is 10.6 Å². The van der Waals surface area contributed by atoms with Gasteiger partial charge in [-0.3, -0.25) is 0 Å². The first-order valence-electron chi connectivity index (χ1n) is 6.03. The molecule has 1 atom stereocenters. The molecular formula is C13H19N3O. The number of nitrogens with two attached hydrogens (primary N) is 1. The number of anilines is 1. The second kappa shape index (κ2) is 5.08. The quantitative estimate of drug-likeness (QED) is 0.355. The van der Waals surface area contributed by atoms with Gasteiger partial charge in [0.05, 0.1) is 0 Å². The zero-order valence-corrected chi connectivity index (χ0v) is 10.1. The Bertz CT molecular complexity index is 400. The van der Waals surface area contributed by atoms with Gasteiger partial charge < -0.3 is 15.8 Å². The van der Waals surface area contributed by atoms with Gasteiger partial charge in [0.25, 0.3) is 0 Å². The zero-order chi connectivity index (χ0) is 12.3. The van der Waals surface area contributed by atoms with Gasteiger partial charge in [-0.05, 0) is 43.0 Å². The summed E-state index contributed by atoms with van der Waals surface area (Å²) in [5.74, 6) is 0.913. The molecule has 0 aromatic heterocycles. The highest BCUT2D eigenvalue weighted by Crippen LogP contribution is 2.23. The van der Waals surface area contributed by atoms with Crippen LogP contribution in [0.5, 0.6) is 0 Å². The van der Waals surface area contributed by atoms with Crippen molar-refractivity contribution < 1.29 is 5.21 Å². The third-order valence-electron chi connectivity index (χ3n) is 3.29. The Hall–Kier alpha value is -1.71. The van der Waals surface area contributed by atoms with E-state index >= 15 is 0 Å². The lowest BCUT2D eigenvalue weighted by Gasteiger charge is -2.32. The second-order valence-corrected chi connectivity index (χ2v) is 4.73. The Kier molecular flexibility index (Phi) is 3.52. The monoisotopic (exact) mass is 233 g/mol. The van der Waals surface area contributed by atoms with E-state index in [9.17, 15) is 0 Å². The standard InChI is InChI=1S/C13H19N3O/c1-10-3-2-8-16(9-10)12-6-4-11(5-7-12)13(14)15-17/h4-7,10,17H,2-3,8-9H2,1H3,(H2,14,15). The van der Waals surface area contributed by atoms with Crippen molar-refractivity contribution in [2.45, 2.75) is 19.8 Å². The maximum Gasteiger partial charge on any atom is 0.170 e. The summed E-state index contributed by atoms with van der Waals surface area (Å²) >= 11 is 0. The summed E-state index contributed by atoms with van der Waals surface area (Å²) < 4.78 is 0. The molecule has 0 bridgehead atoms. The molecule has 1 aromatic carbocycles. The molecule has 1 aliphatic rings. The van der Waals surface area contributed by atoms with E-state index in [0.29, 0.717) is 0 Å². The van der Waals surface area contributed by atoms with Crippen LogP contribution in [0, 0.1) is 5.92 Å². The highest BCUT2D eigenvalue weighted by Gasteiger charge is 2.16. The van der Waals surface area contributed by atoms with E-state index in [0.717, 1.165) is 24.6 Å². The van der Waals surface area contributed by atoms with Gasteiger partial charge in [0.1, 0.15) is 0 Å². The molecule has 1 unspecified atom stereocenters. The Morgan fingerprint density at radius 2 is 2.12 bits per heavy atom. The molecule has 1 aliphatic heterocycles. The molecule has 0 amide bonds. The Morgan fingerprint density at radius 1 is 1.41 bits per heavy atom. The minimum absolute atomic E-state index is 0.156. The molecule has 4 nitrogen and oxygen atoms in total. The highest BCUT2D eigenvalue weighted by molar-refractivity contribution is 5.97. The summed E-state index contributed by atoms with van der Waals surface area (Å²) in [4.78, 5) is 2.39. The third kappa shape index (κ3) is 2.70. The molecule has 17 heavy (non-hydrogen) atoms. The molecule has 1 saturated heterocycles.